The Morgan fingerprint density at radius 1 is 0.867 bits per heavy atom. The highest BCUT2D eigenvalue weighted by atomic mass is 35.5. The molecule has 0 aliphatic carbocycles. The molecule has 0 radical (unpaired) electrons. The number of halogens is 1. The van der Waals surface area contributed by atoms with Crippen LogP contribution in [0.2, 0.25) is 0 Å². The van der Waals surface area contributed by atoms with E-state index in [2.05, 4.69) is 0 Å². The maximum atomic E-state index is 11.3. The monoisotopic (exact) mass is 440 g/mol. The predicted molar refractivity (Wildman–Crippen MR) is 120 cm³/mol. The summed E-state index contributed by atoms with van der Waals surface area (Å²) in [4.78, 5) is 21.7. The van der Waals surface area contributed by atoms with Crippen molar-refractivity contribution in [3.63, 3.8) is 0 Å². The van der Waals surface area contributed by atoms with Crippen LogP contribution in [0.4, 0.5) is 0 Å². The summed E-state index contributed by atoms with van der Waals surface area (Å²) in [6, 6.07) is 17.5. The molecule has 0 saturated carbocycles. The molecule has 2 aromatic carbocycles. The Morgan fingerprint density at radius 2 is 1.30 bits per heavy atom. The summed E-state index contributed by atoms with van der Waals surface area (Å²) >= 11 is 5.16. The molecule has 2 aromatic rings. The van der Waals surface area contributed by atoms with Gasteiger partial charge in [-0.3, -0.25) is 4.79 Å². The third-order valence-corrected chi connectivity index (χ3v) is 3.79. The first-order valence-electron chi connectivity index (χ1n) is 9.29. The van der Waals surface area contributed by atoms with E-state index in [1.54, 1.807) is 48.5 Å². The Hall–Kier alpha value is -2.25. The lowest BCUT2D eigenvalue weighted by Gasteiger charge is -2.08. The molecule has 0 aliphatic heterocycles. The van der Waals surface area contributed by atoms with Crippen molar-refractivity contribution in [3.8, 4) is 0 Å². The second-order valence-electron chi connectivity index (χ2n) is 5.91. The molecule has 0 saturated heterocycles. The van der Waals surface area contributed by atoms with Crippen molar-refractivity contribution in [2.24, 2.45) is 0 Å². The topological polar surface area (TPSA) is 104 Å². The van der Waals surface area contributed by atoms with Crippen molar-refractivity contribution in [2.45, 2.75) is 46.3 Å². The van der Waals surface area contributed by atoms with Gasteiger partial charge in [0.2, 0.25) is 0 Å². The van der Waals surface area contributed by atoms with Crippen molar-refractivity contribution in [1.82, 2.24) is 0 Å². The average Bonchev–Trinajstić information content (AvgIpc) is 2.78. The van der Waals surface area contributed by atoms with Gasteiger partial charge in [0.25, 0.3) is 5.24 Å². The lowest BCUT2D eigenvalue weighted by molar-refractivity contribution is 0.0250. The van der Waals surface area contributed by atoms with Crippen molar-refractivity contribution in [3.05, 3.63) is 71.8 Å². The van der Waals surface area contributed by atoms with E-state index in [4.69, 9.17) is 26.6 Å². The normalized spacial score (nSPS) is 11.3. The van der Waals surface area contributed by atoms with Crippen molar-refractivity contribution in [2.75, 3.05) is 13.2 Å². The molecule has 3 N–H and O–H groups in total. The van der Waals surface area contributed by atoms with E-state index in [9.17, 15) is 14.7 Å². The Morgan fingerprint density at radius 3 is 1.60 bits per heavy atom. The summed E-state index contributed by atoms with van der Waals surface area (Å²) in [7, 11) is 0. The molecule has 6 nitrogen and oxygen atoms in total. The van der Waals surface area contributed by atoms with Crippen LogP contribution in [-0.4, -0.2) is 52.0 Å². The van der Waals surface area contributed by atoms with Gasteiger partial charge in [-0.2, -0.15) is 0 Å². The van der Waals surface area contributed by atoms with Crippen LogP contribution in [0.15, 0.2) is 60.7 Å². The molecular formula is C23H33ClO6. The lowest BCUT2D eigenvalue weighted by Crippen LogP contribution is -2.17. The van der Waals surface area contributed by atoms with Crippen LogP contribution in [0.3, 0.4) is 0 Å². The number of ether oxygens (including phenoxy) is 1. The number of benzene rings is 2. The van der Waals surface area contributed by atoms with Crippen molar-refractivity contribution >= 4 is 22.8 Å². The third kappa shape index (κ3) is 14.7. The van der Waals surface area contributed by atoms with Gasteiger partial charge in [-0.05, 0) is 36.6 Å². The van der Waals surface area contributed by atoms with Gasteiger partial charge in [0, 0.05) is 5.56 Å². The number of carbonyl (C=O) groups excluding carboxylic acids is 2. The molecule has 0 fully saturated rings. The fraction of sp³-hybridized carbons (Fsp3) is 0.391. The first-order valence-corrected chi connectivity index (χ1v) is 9.67. The van der Waals surface area contributed by atoms with Gasteiger partial charge in [0.1, 0.15) is 6.61 Å². The fourth-order valence-corrected chi connectivity index (χ4v) is 1.77. The molecular weight excluding hydrogens is 408 g/mol. The molecule has 2 rings (SSSR count). The molecule has 168 valence electrons. The van der Waals surface area contributed by atoms with Crippen LogP contribution >= 0.6 is 11.6 Å². The van der Waals surface area contributed by atoms with Crippen LogP contribution in [-0.2, 0) is 4.74 Å². The first-order chi connectivity index (χ1) is 13.8. The van der Waals surface area contributed by atoms with E-state index >= 15 is 0 Å². The SMILES string of the molecule is C.CCC(O)CO.CCC(O)COC(=O)c1ccccc1.O=C(Cl)c1ccccc1. The first kappa shape index (κ1) is 29.9. The van der Waals surface area contributed by atoms with Crippen molar-refractivity contribution < 1.29 is 29.6 Å². The van der Waals surface area contributed by atoms with Gasteiger partial charge in [0.15, 0.2) is 0 Å². The standard InChI is InChI=1S/C11H14O3.C7H5ClO.C4H10O2.CH4/c1-2-10(12)8-14-11(13)9-6-4-3-5-7-9;8-7(9)6-4-2-1-3-5-6;1-2-4(6)3-5;/h3-7,10,12H,2,8H2,1H3;1-5H;4-6H,2-3H2,1H3;1H4. The minimum atomic E-state index is -0.567. The Kier molecular flexibility index (Phi) is 18.7. The van der Waals surface area contributed by atoms with E-state index in [-0.39, 0.29) is 20.6 Å². The zero-order valence-electron chi connectivity index (χ0n) is 16.7. The average molecular weight is 441 g/mol. The van der Waals surface area contributed by atoms with Gasteiger partial charge in [-0.15, -0.1) is 0 Å². The molecule has 30 heavy (non-hydrogen) atoms. The molecule has 0 aliphatic rings. The smallest absolute Gasteiger partial charge is 0.338 e. The predicted octanol–water partition coefficient (Wildman–Crippen LogP) is 4.07. The van der Waals surface area contributed by atoms with Crippen molar-refractivity contribution in [1.29, 1.82) is 0 Å². The van der Waals surface area contributed by atoms with Gasteiger partial charge in [-0.25, -0.2) is 4.79 Å². The summed E-state index contributed by atoms with van der Waals surface area (Å²) in [5.74, 6) is -0.391. The van der Waals surface area contributed by atoms with Crippen LogP contribution in [0.1, 0.15) is 54.8 Å². The number of aliphatic hydroxyl groups excluding tert-OH is 3. The highest BCUT2D eigenvalue weighted by Crippen LogP contribution is 2.02. The van der Waals surface area contributed by atoms with Crippen LogP contribution in [0.5, 0.6) is 0 Å². The molecule has 0 heterocycles. The minimum Gasteiger partial charge on any atom is -0.459 e. The van der Waals surface area contributed by atoms with E-state index in [0.717, 1.165) is 0 Å². The summed E-state index contributed by atoms with van der Waals surface area (Å²) in [6.07, 6.45) is 0.145. The number of esters is 1. The Labute approximate surface area is 184 Å². The third-order valence-electron chi connectivity index (χ3n) is 3.57. The van der Waals surface area contributed by atoms with E-state index in [0.29, 0.717) is 24.0 Å². The second kappa shape index (κ2) is 18.8. The summed E-state index contributed by atoms with van der Waals surface area (Å²) < 4.78 is 4.89. The van der Waals surface area contributed by atoms with E-state index < -0.39 is 23.4 Å². The molecule has 0 spiro atoms. The highest BCUT2D eigenvalue weighted by Gasteiger charge is 2.08. The van der Waals surface area contributed by atoms with Gasteiger partial charge < -0.3 is 20.1 Å². The maximum Gasteiger partial charge on any atom is 0.338 e. The number of hydrogen-bond donors (Lipinski definition) is 3. The quantitative estimate of drug-likeness (QED) is 0.443. The van der Waals surface area contributed by atoms with E-state index in [1.165, 1.54) is 0 Å². The zero-order valence-corrected chi connectivity index (χ0v) is 17.5. The maximum absolute atomic E-state index is 11.3. The number of aliphatic hydroxyl groups is 3. The highest BCUT2D eigenvalue weighted by molar-refractivity contribution is 6.67. The molecule has 7 heteroatoms. The Balaban J connectivity index is 0. The number of rotatable bonds is 7. The molecule has 0 amide bonds. The summed E-state index contributed by atoms with van der Waals surface area (Å²) in [6.45, 7) is 3.60. The summed E-state index contributed by atoms with van der Waals surface area (Å²) in [5, 5.41) is 25.3. The van der Waals surface area contributed by atoms with E-state index in [1.807, 2.05) is 26.0 Å². The van der Waals surface area contributed by atoms with Crippen LogP contribution < -0.4 is 0 Å². The zero-order chi connectivity index (χ0) is 22.1. The minimum absolute atomic E-state index is 0. The fourth-order valence-electron chi connectivity index (χ4n) is 1.65. The van der Waals surface area contributed by atoms with Gasteiger partial charge in [-0.1, -0.05) is 69.8 Å². The summed E-state index contributed by atoms with van der Waals surface area (Å²) in [5.41, 5.74) is 1.05. The van der Waals surface area contributed by atoms with Gasteiger partial charge >= 0.3 is 5.97 Å². The number of carbonyl (C=O) groups is 2. The molecule has 0 aromatic heterocycles. The largest absolute Gasteiger partial charge is 0.459 e. The number of hydrogen-bond acceptors (Lipinski definition) is 6. The van der Waals surface area contributed by atoms with Crippen LogP contribution in [0, 0.1) is 0 Å². The lowest BCUT2D eigenvalue weighted by atomic mass is 10.2. The molecule has 2 atom stereocenters. The van der Waals surface area contributed by atoms with Gasteiger partial charge in [0.05, 0.1) is 24.4 Å². The second-order valence-corrected chi connectivity index (χ2v) is 6.25. The Bertz CT molecular complexity index is 675. The molecule has 0 bridgehead atoms. The molecule has 2 unspecified atom stereocenters. The van der Waals surface area contributed by atoms with Crippen LogP contribution in [0.25, 0.3) is 0 Å².